The molecule has 0 unspecified atom stereocenters. The Labute approximate surface area is 172 Å². The molecule has 30 heavy (non-hydrogen) atoms. The van der Waals surface area contributed by atoms with Crippen LogP contribution in [-0.4, -0.2) is 37.7 Å². The molecule has 0 N–H and O–H groups in total. The van der Waals surface area contributed by atoms with Gasteiger partial charge in [0.1, 0.15) is 23.6 Å². The first kappa shape index (κ1) is 20.8. The van der Waals surface area contributed by atoms with Gasteiger partial charge in [0.25, 0.3) is 0 Å². The van der Waals surface area contributed by atoms with Crippen LogP contribution in [0.4, 0.5) is 0 Å². The van der Waals surface area contributed by atoms with Gasteiger partial charge in [-0.25, -0.2) is 14.6 Å². The van der Waals surface area contributed by atoms with Gasteiger partial charge in [0, 0.05) is 0 Å². The number of hydrogen-bond donors (Lipinski definition) is 0. The average Bonchev–Trinajstić information content (AvgIpc) is 2.77. The van der Waals surface area contributed by atoms with Gasteiger partial charge in [-0.15, -0.1) is 0 Å². The lowest BCUT2D eigenvalue weighted by molar-refractivity contribution is -0.581. The zero-order chi connectivity index (χ0) is 21.7. The summed E-state index contributed by atoms with van der Waals surface area (Å²) in [5.41, 5.74) is 0.340. The zero-order valence-corrected chi connectivity index (χ0v) is 16.7. The van der Waals surface area contributed by atoms with Gasteiger partial charge < -0.3 is 24.2 Å². The minimum atomic E-state index is -0.894. The number of aromatic nitrogens is 2. The minimum absolute atomic E-state index is 0.0196. The monoisotopic (exact) mass is 412 g/mol. The lowest BCUT2D eigenvalue weighted by atomic mass is 10.2. The highest BCUT2D eigenvalue weighted by atomic mass is 16.5. The molecular weight excluding hydrogens is 392 g/mol. The van der Waals surface area contributed by atoms with Gasteiger partial charge in [-0.2, -0.15) is 4.73 Å². The topological polar surface area (TPSA) is 111 Å². The molecule has 2 aromatic carbocycles. The smallest absolute Gasteiger partial charge is 0.406 e. The maximum absolute atomic E-state index is 12.8. The molecule has 0 saturated heterocycles. The second kappa shape index (κ2) is 9.08. The first-order valence-corrected chi connectivity index (χ1v) is 9.07. The molecule has 0 aliphatic heterocycles. The number of carbonyl (C=O) groups is 2. The van der Waals surface area contributed by atoms with Gasteiger partial charge in [-0.3, -0.25) is 0 Å². The van der Waals surface area contributed by atoms with Gasteiger partial charge in [0.2, 0.25) is 5.52 Å². The van der Waals surface area contributed by atoms with Crippen molar-refractivity contribution in [3.8, 4) is 11.5 Å². The fourth-order valence-electron chi connectivity index (χ4n) is 2.79. The molecule has 1 aromatic heterocycles. The number of rotatable bonds is 7. The van der Waals surface area contributed by atoms with Crippen molar-refractivity contribution >= 4 is 23.0 Å². The number of hydrogen-bond acceptors (Lipinski definition) is 8. The van der Waals surface area contributed by atoms with Crippen LogP contribution in [-0.2, 0) is 16.1 Å². The lowest BCUT2D eigenvalue weighted by Crippen LogP contribution is -2.38. The van der Waals surface area contributed by atoms with Crippen molar-refractivity contribution in [1.82, 2.24) is 4.98 Å². The highest BCUT2D eigenvalue weighted by molar-refractivity contribution is 5.90. The van der Waals surface area contributed by atoms with Crippen LogP contribution >= 0.6 is 0 Å². The van der Waals surface area contributed by atoms with E-state index >= 15 is 0 Å². The Morgan fingerprint density at radius 1 is 1.03 bits per heavy atom. The van der Waals surface area contributed by atoms with Crippen molar-refractivity contribution in [2.75, 3.05) is 20.8 Å². The molecule has 0 aliphatic rings. The molecule has 0 atom stereocenters. The van der Waals surface area contributed by atoms with Crippen molar-refractivity contribution in [3.63, 3.8) is 0 Å². The second-order valence-corrected chi connectivity index (χ2v) is 6.08. The molecule has 9 nitrogen and oxygen atoms in total. The SMILES string of the molecule is CCOc1ccc(C(=O)OCc2nc3ccc(OC)cc3[n+]([O-])c2C(=O)OC)cc1. The fourth-order valence-corrected chi connectivity index (χ4v) is 2.79. The van der Waals surface area contributed by atoms with E-state index in [4.69, 9.17) is 18.9 Å². The van der Waals surface area contributed by atoms with E-state index in [0.717, 1.165) is 7.11 Å². The molecular formula is C21H20N2O7. The number of ether oxygens (including phenoxy) is 4. The van der Waals surface area contributed by atoms with E-state index in [0.29, 0.717) is 33.9 Å². The summed E-state index contributed by atoms with van der Waals surface area (Å²) >= 11 is 0. The third kappa shape index (κ3) is 4.24. The Morgan fingerprint density at radius 2 is 1.73 bits per heavy atom. The molecule has 0 radical (unpaired) electrons. The average molecular weight is 412 g/mol. The largest absolute Gasteiger partial charge is 0.618 e. The maximum atomic E-state index is 12.8. The first-order chi connectivity index (χ1) is 14.5. The van der Waals surface area contributed by atoms with Gasteiger partial charge in [-0.1, -0.05) is 0 Å². The van der Waals surface area contributed by atoms with Gasteiger partial charge in [0.05, 0.1) is 32.5 Å². The lowest BCUT2D eigenvalue weighted by Gasteiger charge is -2.11. The number of nitrogens with zero attached hydrogens (tertiary/aromatic N) is 2. The van der Waals surface area contributed by atoms with Crippen molar-refractivity contribution in [2.45, 2.75) is 13.5 Å². The van der Waals surface area contributed by atoms with Crippen LogP contribution in [0, 0.1) is 5.21 Å². The highest BCUT2D eigenvalue weighted by Gasteiger charge is 2.28. The van der Waals surface area contributed by atoms with Crippen LogP contribution < -0.4 is 14.2 Å². The molecule has 0 saturated carbocycles. The van der Waals surface area contributed by atoms with Crippen LogP contribution in [0.15, 0.2) is 42.5 Å². The van der Waals surface area contributed by atoms with Gasteiger partial charge >= 0.3 is 17.6 Å². The van der Waals surface area contributed by atoms with Crippen molar-refractivity contribution in [3.05, 3.63) is 64.6 Å². The summed E-state index contributed by atoms with van der Waals surface area (Å²) in [5.74, 6) is -0.474. The molecule has 9 heteroatoms. The molecule has 3 rings (SSSR count). The quantitative estimate of drug-likeness (QED) is 0.330. The zero-order valence-electron chi connectivity index (χ0n) is 16.7. The van der Waals surface area contributed by atoms with E-state index in [-0.39, 0.29) is 23.5 Å². The number of benzene rings is 2. The standard InChI is InChI=1S/C21H20N2O7/c1-4-29-14-7-5-13(6-8-14)20(24)30-12-17-19(21(25)28-3)23(26)18-11-15(27-2)9-10-16(18)22-17/h5-11H,4,12H2,1-3H3. The summed E-state index contributed by atoms with van der Waals surface area (Å²) < 4.78 is 20.8. The summed E-state index contributed by atoms with van der Waals surface area (Å²) in [6, 6.07) is 11.1. The van der Waals surface area contributed by atoms with Crippen LogP contribution in [0.1, 0.15) is 33.5 Å². The van der Waals surface area contributed by atoms with E-state index in [2.05, 4.69) is 4.98 Å². The summed E-state index contributed by atoms with van der Waals surface area (Å²) in [5, 5.41) is 12.8. The predicted molar refractivity (Wildman–Crippen MR) is 105 cm³/mol. The Bertz CT molecular complexity index is 1080. The van der Waals surface area contributed by atoms with Gasteiger partial charge in [0.15, 0.2) is 5.69 Å². The van der Waals surface area contributed by atoms with E-state index in [1.54, 1.807) is 36.4 Å². The third-order valence-corrected chi connectivity index (χ3v) is 4.25. The van der Waals surface area contributed by atoms with E-state index < -0.39 is 11.9 Å². The highest BCUT2D eigenvalue weighted by Crippen LogP contribution is 2.20. The van der Waals surface area contributed by atoms with Crippen LogP contribution in [0.2, 0.25) is 0 Å². The summed E-state index contributed by atoms with van der Waals surface area (Å²) in [6.07, 6.45) is 0. The maximum Gasteiger partial charge on any atom is 0.406 e. The van der Waals surface area contributed by atoms with Crippen LogP contribution in [0.3, 0.4) is 0 Å². The number of methoxy groups -OCH3 is 2. The summed E-state index contributed by atoms with van der Waals surface area (Å²) in [6.45, 7) is 1.98. The number of esters is 2. The molecule has 0 spiro atoms. The number of carbonyl (C=O) groups excluding carboxylic acids is 2. The van der Waals surface area contributed by atoms with Crippen molar-refractivity contribution < 1.29 is 33.3 Å². The normalized spacial score (nSPS) is 10.5. The molecule has 156 valence electrons. The first-order valence-electron chi connectivity index (χ1n) is 9.07. The molecule has 3 aromatic rings. The molecule has 0 aliphatic carbocycles. The number of fused-ring (bicyclic) bond motifs is 1. The minimum Gasteiger partial charge on any atom is -0.618 e. The van der Waals surface area contributed by atoms with E-state index in [1.807, 2.05) is 6.92 Å². The Morgan fingerprint density at radius 3 is 2.37 bits per heavy atom. The second-order valence-electron chi connectivity index (χ2n) is 6.08. The Hall–Kier alpha value is -3.88. The van der Waals surface area contributed by atoms with Crippen molar-refractivity contribution in [2.24, 2.45) is 0 Å². The van der Waals surface area contributed by atoms with Crippen LogP contribution in [0.25, 0.3) is 11.0 Å². The predicted octanol–water partition coefficient (Wildman–Crippen LogP) is 2.42. The molecule has 0 fully saturated rings. The van der Waals surface area contributed by atoms with E-state index in [9.17, 15) is 14.8 Å². The van der Waals surface area contributed by atoms with E-state index in [1.165, 1.54) is 13.2 Å². The van der Waals surface area contributed by atoms with Crippen LogP contribution in [0.5, 0.6) is 11.5 Å². The third-order valence-electron chi connectivity index (χ3n) is 4.25. The van der Waals surface area contributed by atoms with Gasteiger partial charge in [-0.05, 0) is 43.3 Å². The summed E-state index contributed by atoms with van der Waals surface area (Å²) in [4.78, 5) is 28.9. The Balaban J connectivity index is 1.90. The summed E-state index contributed by atoms with van der Waals surface area (Å²) in [7, 11) is 2.60. The van der Waals surface area contributed by atoms with Crippen molar-refractivity contribution in [1.29, 1.82) is 0 Å². The Kier molecular flexibility index (Phi) is 6.31. The fraction of sp³-hybridized carbons (Fsp3) is 0.238. The molecule has 0 bridgehead atoms. The molecule has 0 amide bonds. The molecule has 1 heterocycles.